The van der Waals surface area contributed by atoms with Crippen LogP contribution < -0.4 is 11.1 Å². The molecule has 37 heavy (non-hydrogen) atoms. The lowest BCUT2D eigenvalue weighted by Crippen LogP contribution is -2.43. The molecular weight excluding hydrogens is 476 g/mol. The monoisotopic (exact) mass is 508 g/mol. The molecule has 0 atom stereocenters. The van der Waals surface area contributed by atoms with Gasteiger partial charge in [-0.05, 0) is 76.9 Å². The van der Waals surface area contributed by atoms with Crippen LogP contribution in [-0.4, -0.2) is 59.1 Å². The van der Waals surface area contributed by atoms with Gasteiger partial charge in [-0.1, -0.05) is 0 Å². The molecule has 2 heterocycles. The number of anilines is 2. The molecule has 3 aromatic rings. The van der Waals surface area contributed by atoms with Crippen molar-refractivity contribution in [3.63, 3.8) is 0 Å². The van der Waals surface area contributed by atoms with E-state index in [1.54, 1.807) is 41.3 Å². The lowest BCUT2D eigenvalue weighted by Gasteiger charge is -2.33. The number of oxazole rings is 1. The molecule has 1 aliphatic heterocycles. The second-order valence-electron chi connectivity index (χ2n) is 10.1. The number of piperidine rings is 1. The molecule has 0 aliphatic carbocycles. The molecule has 1 aliphatic rings. The van der Waals surface area contributed by atoms with Crippen LogP contribution in [0.25, 0.3) is 22.6 Å². The third-order valence-electron chi connectivity index (χ3n) is 5.85. The van der Waals surface area contributed by atoms with E-state index >= 15 is 0 Å². The molecule has 3 N–H and O–H groups in total. The number of amides is 2. The summed E-state index contributed by atoms with van der Waals surface area (Å²) in [4.78, 5) is 42.6. The molecule has 10 nitrogen and oxygen atoms in total. The quantitative estimate of drug-likeness (QED) is 0.363. The van der Waals surface area contributed by atoms with Crippen LogP contribution in [0.5, 0.6) is 0 Å². The number of nitrogen functional groups attached to an aromatic ring is 1. The highest BCUT2D eigenvalue weighted by molar-refractivity contribution is 6.05. The maximum absolute atomic E-state index is 12.4. The minimum absolute atomic E-state index is 0.0841. The van der Waals surface area contributed by atoms with Gasteiger partial charge < -0.3 is 29.8 Å². The van der Waals surface area contributed by atoms with Crippen LogP contribution in [0.2, 0.25) is 0 Å². The van der Waals surface area contributed by atoms with Crippen LogP contribution in [0.15, 0.2) is 40.8 Å². The van der Waals surface area contributed by atoms with Gasteiger partial charge in [-0.15, -0.1) is 0 Å². The molecular formula is C27H32N4O6. The fourth-order valence-electron chi connectivity index (χ4n) is 4.06. The average molecular weight is 509 g/mol. The van der Waals surface area contributed by atoms with E-state index in [9.17, 15) is 14.4 Å². The number of rotatable bonds is 6. The van der Waals surface area contributed by atoms with E-state index in [0.717, 1.165) is 0 Å². The second kappa shape index (κ2) is 10.6. The number of nitrogens with one attached hydrogen (secondary N) is 1. The summed E-state index contributed by atoms with van der Waals surface area (Å²) in [5.41, 5.74) is 8.36. The maximum atomic E-state index is 12.4. The first-order chi connectivity index (χ1) is 17.5. The van der Waals surface area contributed by atoms with E-state index in [0.29, 0.717) is 65.4 Å². The number of Topliss-reactive ketones (excluding diaryl/α,β-unsaturated/α-hetero) is 1. The molecule has 1 aromatic heterocycles. The van der Waals surface area contributed by atoms with E-state index < -0.39 is 5.60 Å². The number of nitrogens with two attached hydrogens (primary N) is 1. The van der Waals surface area contributed by atoms with E-state index in [-0.39, 0.29) is 30.5 Å². The molecule has 0 radical (unpaired) electrons. The van der Waals surface area contributed by atoms with Crippen molar-refractivity contribution in [2.24, 2.45) is 0 Å². The Hall–Kier alpha value is -3.92. The highest BCUT2D eigenvalue weighted by atomic mass is 16.6. The van der Waals surface area contributed by atoms with Crippen LogP contribution in [-0.2, 0) is 14.3 Å². The molecule has 0 unspecified atom stereocenters. The largest absolute Gasteiger partial charge is 0.444 e. The van der Waals surface area contributed by atoms with Crippen LogP contribution in [0.1, 0.15) is 50.9 Å². The number of benzene rings is 2. The lowest BCUT2D eigenvalue weighted by atomic mass is 10.1. The third kappa shape index (κ3) is 6.65. The van der Waals surface area contributed by atoms with Crippen molar-refractivity contribution >= 4 is 40.3 Å². The van der Waals surface area contributed by atoms with Gasteiger partial charge in [-0.3, -0.25) is 9.59 Å². The topological polar surface area (TPSA) is 137 Å². The van der Waals surface area contributed by atoms with E-state index in [1.165, 1.54) is 6.92 Å². The Morgan fingerprint density at radius 2 is 1.81 bits per heavy atom. The molecule has 2 amide bonds. The molecule has 10 heteroatoms. The van der Waals surface area contributed by atoms with Gasteiger partial charge in [0.25, 0.3) is 0 Å². The van der Waals surface area contributed by atoms with Crippen LogP contribution in [0.3, 0.4) is 0 Å². The first-order valence-corrected chi connectivity index (χ1v) is 12.2. The van der Waals surface area contributed by atoms with Crippen LogP contribution in [0.4, 0.5) is 16.2 Å². The standard InChI is InChI=1S/C27H32N4O6/c1-16(32)21-13-18(28)14-22-24(21)36-25(30-22)17-5-7-19(8-6-17)29-23(33)15-35-20-9-11-31(12-10-20)26(34)37-27(2,3)4/h5-8,13-14,20H,9-12,15,28H2,1-4H3,(H,29,33). The number of nitrogens with zero attached hydrogens (tertiary/aromatic N) is 2. The fourth-order valence-corrected chi connectivity index (χ4v) is 4.06. The Balaban J connectivity index is 1.28. The maximum Gasteiger partial charge on any atom is 0.410 e. The number of hydrogen-bond donors (Lipinski definition) is 2. The molecule has 4 rings (SSSR count). The second-order valence-corrected chi connectivity index (χ2v) is 10.1. The summed E-state index contributed by atoms with van der Waals surface area (Å²) in [5, 5.41) is 2.81. The summed E-state index contributed by atoms with van der Waals surface area (Å²) in [6.07, 6.45) is 0.860. The Morgan fingerprint density at radius 3 is 2.43 bits per heavy atom. The van der Waals surface area contributed by atoms with Gasteiger partial charge in [-0.25, -0.2) is 9.78 Å². The van der Waals surface area contributed by atoms with E-state index in [2.05, 4.69) is 10.3 Å². The number of likely N-dealkylation sites (tertiary alicyclic amines) is 1. The van der Waals surface area contributed by atoms with Crippen molar-refractivity contribution in [3.05, 3.63) is 42.0 Å². The van der Waals surface area contributed by atoms with Gasteiger partial charge in [0, 0.05) is 30.0 Å². The summed E-state index contributed by atoms with van der Waals surface area (Å²) < 4.78 is 17.0. The van der Waals surface area contributed by atoms with Crippen molar-refractivity contribution < 1.29 is 28.3 Å². The molecule has 1 fully saturated rings. The minimum atomic E-state index is -0.531. The molecule has 0 bridgehead atoms. The molecule has 1 saturated heterocycles. The number of ether oxygens (including phenoxy) is 2. The van der Waals surface area contributed by atoms with Gasteiger partial charge >= 0.3 is 6.09 Å². The molecule has 0 spiro atoms. The highest BCUT2D eigenvalue weighted by Gasteiger charge is 2.27. The van der Waals surface area contributed by atoms with E-state index in [4.69, 9.17) is 19.6 Å². The zero-order valence-electron chi connectivity index (χ0n) is 21.5. The number of carbonyl (C=O) groups is 3. The van der Waals surface area contributed by atoms with Crippen LogP contribution >= 0.6 is 0 Å². The van der Waals surface area contributed by atoms with Gasteiger partial charge in [0.1, 0.15) is 17.7 Å². The fraction of sp³-hybridized carbons (Fsp3) is 0.407. The number of ketones is 1. The summed E-state index contributed by atoms with van der Waals surface area (Å²) in [7, 11) is 0. The summed E-state index contributed by atoms with van der Waals surface area (Å²) in [6.45, 7) is 7.93. The normalized spacial score (nSPS) is 14.5. The summed E-state index contributed by atoms with van der Waals surface area (Å²) in [6, 6.07) is 10.2. The smallest absolute Gasteiger partial charge is 0.410 e. The van der Waals surface area contributed by atoms with Gasteiger partial charge in [0.05, 0.1) is 11.7 Å². The van der Waals surface area contributed by atoms with Crippen molar-refractivity contribution in [2.45, 2.75) is 52.2 Å². The number of aromatic nitrogens is 1. The first kappa shape index (κ1) is 26.2. The molecule has 0 saturated carbocycles. The number of fused-ring (bicyclic) bond motifs is 1. The zero-order valence-corrected chi connectivity index (χ0v) is 21.5. The summed E-state index contributed by atoms with van der Waals surface area (Å²) in [5.74, 6) is -0.0818. The van der Waals surface area contributed by atoms with Crippen molar-refractivity contribution in [1.29, 1.82) is 0 Å². The van der Waals surface area contributed by atoms with E-state index in [1.807, 2.05) is 20.8 Å². The minimum Gasteiger partial charge on any atom is -0.444 e. The first-order valence-electron chi connectivity index (χ1n) is 12.2. The SMILES string of the molecule is CC(=O)c1cc(N)cc2nc(-c3ccc(NC(=O)COC4CCN(C(=O)OC(C)(C)C)CC4)cc3)oc12. The third-order valence-corrected chi connectivity index (χ3v) is 5.85. The Labute approximate surface area is 215 Å². The Kier molecular flexibility index (Phi) is 7.49. The predicted octanol–water partition coefficient (Wildman–Crippen LogP) is 4.63. The molecule has 196 valence electrons. The number of hydrogen-bond acceptors (Lipinski definition) is 8. The van der Waals surface area contributed by atoms with Crippen molar-refractivity contribution in [3.8, 4) is 11.5 Å². The van der Waals surface area contributed by atoms with Gasteiger partial charge in [0.15, 0.2) is 11.4 Å². The highest BCUT2D eigenvalue weighted by Crippen LogP contribution is 2.29. The Morgan fingerprint density at radius 1 is 1.14 bits per heavy atom. The van der Waals surface area contributed by atoms with Gasteiger partial charge in [0.2, 0.25) is 11.8 Å². The Bertz CT molecular complexity index is 1300. The summed E-state index contributed by atoms with van der Waals surface area (Å²) >= 11 is 0. The van der Waals surface area contributed by atoms with Gasteiger partial charge in [-0.2, -0.15) is 0 Å². The zero-order chi connectivity index (χ0) is 26.7. The predicted molar refractivity (Wildman–Crippen MR) is 139 cm³/mol. The van der Waals surface area contributed by atoms with Crippen molar-refractivity contribution in [2.75, 3.05) is 30.7 Å². The average Bonchev–Trinajstić information content (AvgIpc) is 3.25. The van der Waals surface area contributed by atoms with Crippen molar-refractivity contribution in [1.82, 2.24) is 9.88 Å². The van der Waals surface area contributed by atoms with Crippen LogP contribution in [0, 0.1) is 0 Å². The number of carbonyl (C=O) groups excluding carboxylic acids is 3. The molecule has 2 aromatic carbocycles. The lowest BCUT2D eigenvalue weighted by molar-refractivity contribution is -0.123.